The lowest BCUT2D eigenvalue weighted by Gasteiger charge is -2.23. The highest BCUT2D eigenvalue weighted by atomic mass is 32.2. The van der Waals surface area contributed by atoms with Crippen LogP contribution in [0.15, 0.2) is 36.8 Å². The molecule has 1 unspecified atom stereocenters. The van der Waals surface area contributed by atoms with Crippen LogP contribution in [0.1, 0.15) is 12.8 Å². The Bertz CT molecular complexity index is 851. The van der Waals surface area contributed by atoms with Gasteiger partial charge in [0.15, 0.2) is 5.00 Å². The van der Waals surface area contributed by atoms with Gasteiger partial charge in [-0.3, -0.25) is 4.98 Å². The van der Waals surface area contributed by atoms with Gasteiger partial charge in [-0.2, -0.15) is 18.2 Å². The summed E-state index contributed by atoms with van der Waals surface area (Å²) in [5, 5.41) is 1.30. The van der Waals surface area contributed by atoms with Crippen LogP contribution in [0.4, 0.5) is 18.2 Å². The second-order valence-corrected chi connectivity index (χ2v) is 8.57. The molecule has 5 nitrogen and oxygen atoms in total. The minimum Gasteiger partial charge on any atom is -0.616 e. The molecule has 0 saturated heterocycles. The number of hydrogen-bond acceptors (Lipinski definition) is 6. The molecule has 2 aromatic heterocycles. The van der Waals surface area contributed by atoms with E-state index < -0.39 is 29.5 Å². The summed E-state index contributed by atoms with van der Waals surface area (Å²) in [5.41, 5.74) is 1.34. The predicted molar refractivity (Wildman–Crippen MR) is 110 cm³/mol. The topological polar surface area (TPSA) is 61.3 Å². The molecule has 0 aliphatic rings. The molecule has 0 aromatic carbocycles. The smallest absolute Gasteiger partial charge is 0.393 e. The molecule has 2 aromatic rings. The molecule has 10 heteroatoms. The summed E-state index contributed by atoms with van der Waals surface area (Å²) >= 11 is -0.276. The van der Waals surface area contributed by atoms with E-state index in [9.17, 15) is 17.7 Å². The number of anilines is 1. The van der Waals surface area contributed by atoms with E-state index >= 15 is 0 Å². The van der Waals surface area contributed by atoms with E-state index in [2.05, 4.69) is 22.5 Å². The molecule has 0 aliphatic heterocycles. The minimum absolute atomic E-state index is 0.0621. The van der Waals surface area contributed by atoms with E-state index in [-0.39, 0.29) is 18.7 Å². The van der Waals surface area contributed by atoms with Crippen molar-refractivity contribution < 1.29 is 22.5 Å². The van der Waals surface area contributed by atoms with Crippen LogP contribution in [-0.2, 0) is 11.2 Å². The highest BCUT2D eigenvalue weighted by Gasteiger charge is 2.29. The number of hydrogen-bond donors (Lipinski definition) is 0. The van der Waals surface area contributed by atoms with E-state index in [0.29, 0.717) is 21.6 Å². The molecule has 29 heavy (non-hydrogen) atoms. The fourth-order valence-electron chi connectivity index (χ4n) is 2.33. The maximum atomic E-state index is 12.3. The number of alkyl halides is 3. The summed E-state index contributed by atoms with van der Waals surface area (Å²) in [6.45, 7) is 4.14. The second kappa shape index (κ2) is 10.5. The summed E-state index contributed by atoms with van der Waals surface area (Å²) in [5.74, 6) is 2.51. The molecule has 2 rings (SSSR count). The average Bonchev–Trinajstić information content (AvgIpc) is 3.12. The lowest BCUT2D eigenvalue weighted by Crippen LogP contribution is -2.25. The van der Waals surface area contributed by atoms with Gasteiger partial charge in [0.25, 0.3) is 0 Å². The summed E-state index contributed by atoms with van der Waals surface area (Å²) in [6.07, 6.45) is 3.65. The Morgan fingerprint density at radius 3 is 2.79 bits per heavy atom. The fourth-order valence-corrected chi connectivity index (χ4v) is 4.53. The maximum absolute atomic E-state index is 12.3. The van der Waals surface area contributed by atoms with E-state index in [4.69, 9.17) is 11.2 Å². The molecular weight excluding hydrogens is 423 g/mol. The van der Waals surface area contributed by atoms with E-state index in [1.807, 2.05) is 6.07 Å². The lowest BCUT2D eigenvalue weighted by atomic mass is 10.3. The molecule has 156 valence electrons. The molecule has 2 heterocycles. The Labute approximate surface area is 174 Å². The van der Waals surface area contributed by atoms with Crippen LogP contribution in [0.2, 0.25) is 0 Å². The van der Waals surface area contributed by atoms with Crippen molar-refractivity contribution in [2.75, 3.05) is 30.1 Å². The number of pyridine rings is 1. The molecule has 0 saturated carbocycles. The number of thiazole rings is 1. The molecule has 0 bridgehead atoms. The number of methoxy groups -OCH3 is 1. The first-order valence-corrected chi connectivity index (χ1v) is 10.8. The Morgan fingerprint density at radius 1 is 1.45 bits per heavy atom. The normalized spacial score (nSPS) is 12.3. The van der Waals surface area contributed by atoms with Crippen molar-refractivity contribution in [2.45, 2.75) is 19.0 Å². The molecule has 0 spiro atoms. The Hall–Kier alpha value is -2.22. The van der Waals surface area contributed by atoms with Crippen molar-refractivity contribution >= 4 is 27.5 Å². The van der Waals surface area contributed by atoms with Gasteiger partial charge in [0.1, 0.15) is 16.5 Å². The van der Waals surface area contributed by atoms with E-state index in [1.54, 1.807) is 23.4 Å². The van der Waals surface area contributed by atoms with Crippen molar-refractivity contribution in [1.82, 2.24) is 9.97 Å². The van der Waals surface area contributed by atoms with Crippen LogP contribution in [0.3, 0.4) is 0 Å². The van der Waals surface area contributed by atoms with Crippen molar-refractivity contribution in [3.63, 3.8) is 0 Å². The van der Waals surface area contributed by atoms with Gasteiger partial charge in [-0.25, -0.2) is 0 Å². The zero-order chi connectivity index (χ0) is 21.4. The van der Waals surface area contributed by atoms with Crippen LogP contribution < -0.4 is 9.64 Å². The SMILES string of the molecule is C#CCN(C(=C)CC[S+]([O-])CCC(F)(F)F)c1sc(-c2cccnc2)nc1OC. The summed E-state index contributed by atoms with van der Waals surface area (Å²) in [4.78, 5) is 10.2. The Balaban J connectivity index is 2.13. The number of nitrogens with zero attached hydrogens (tertiary/aromatic N) is 3. The van der Waals surface area contributed by atoms with Gasteiger partial charge in [0, 0.05) is 30.1 Å². The third kappa shape index (κ3) is 6.96. The highest BCUT2D eigenvalue weighted by Crippen LogP contribution is 2.40. The van der Waals surface area contributed by atoms with Crippen LogP contribution in [0.5, 0.6) is 5.88 Å². The molecule has 0 aliphatic carbocycles. The average molecular weight is 444 g/mol. The monoisotopic (exact) mass is 443 g/mol. The third-order valence-corrected chi connectivity index (χ3v) is 6.22. The van der Waals surface area contributed by atoms with E-state index in [0.717, 1.165) is 5.56 Å². The maximum Gasteiger partial charge on any atom is 0.393 e. The third-order valence-electron chi connectivity index (χ3n) is 3.79. The number of allylic oxidation sites excluding steroid dienone is 1. The molecule has 1 atom stereocenters. The Morgan fingerprint density at radius 2 is 2.21 bits per heavy atom. The Kier molecular flexibility index (Phi) is 8.37. The van der Waals surface area contributed by atoms with Crippen molar-refractivity contribution in [2.24, 2.45) is 0 Å². The quantitative estimate of drug-likeness (QED) is 0.406. The number of ether oxygens (including phenoxy) is 1. The van der Waals surface area contributed by atoms with Gasteiger partial charge in [-0.15, -0.1) is 6.42 Å². The first-order chi connectivity index (χ1) is 13.7. The number of terminal acetylenes is 1. The largest absolute Gasteiger partial charge is 0.616 e. The van der Waals surface area contributed by atoms with Crippen molar-refractivity contribution in [3.05, 3.63) is 36.8 Å². The first-order valence-electron chi connectivity index (χ1n) is 8.51. The highest BCUT2D eigenvalue weighted by molar-refractivity contribution is 7.91. The van der Waals surface area contributed by atoms with Gasteiger partial charge in [0.2, 0.25) is 5.88 Å². The summed E-state index contributed by atoms with van der Waals surface area (Å²) < 4.78 is 54.1. The number of halogens is 3. The molecule has 0 N–H and O–H groups in total. The van der Waals surface area contributed by atoms with Gasteiger partial charge in [-0.1, -0.05) is 35.0 Å². The molecule has 0 fully saturated rings. The van der Waals surface area contributed by atoms with Gasteiger partial charge in [0.05, 0.1) is 20.1 Å². The minimum atomic E-state index is -4.32. The zero-order valence-corrected chi connectivity index (χ0v) is 17.4. The second-order valence-electron chi connectivity index (χ2n) is 5.89. The molecular formula is C19H20F3N3O2S2. The number of rotatable bonds is 10. The van der Waals surface area contributed by atoms with Gasteiger partial charge < -0.3 is 14.2 Å². The van der Waals surface area contributed by atoms with Crippen LogP contribution in [-0.4, -0.2) is 45.9 Å². The molecule has 0 amide bonds. The van der Waals surface area contributed by atoms with Crippen molar-refractivity contribution in [1.29, 1.82) is 0 Å². The molecule has 0 radical (unpaired) electrons. The van der Waals surface area contributed by atoms with Crippen LogP contribution in [0.25, 0.3) is 10.6 Å². The predicted octanol–water partition coefficient (Wildman–Crippen LogP) is 4.26. The van der Waals surface area contributed by atoms with E-state index in [1.165, 1.54) is 18.4 Å². The van der Waals surface area contributed by atoms with Crippen molar-refractivity contribution in [3.8, 4) is 28.8 Å². The van der Waals surface area contributed by atoms with Gasteiger partial charge >= 0.3 is 6.18 Å². The summed E-state index contributed by atoms with van der Waals surface area (Å²) in [6, 6.07) is 3.65. The fraction of sp³-hybridized carbons (Fsp3) is 0.368. The number of aromatic nitrogens is 2. The zero-order valence-electron chi connectivity index (χ0n) is 15.7. The lowest BCUT2D eigenvalue weighted by molar-refractivity contribution is -0.129. The van der Waals surface area contributed by atoms with Crippen LogP contribution in [0, 0.1) is 12.3 Å². The summed E-state index contributed by atoms with van der Waals surface area (Å²) in [7, 11) is 1.48. The first kappa shape index (κ1) is 23.1. The van der Waals surface area contributed by atoms with Gasteiger partial charge in [-0.05, 0) is 12.1 Å². The van der Waals surface area contributed by atoms with Crippen LogP contribution >= 0.6 is 11.3 Å². The standard InChI is InChI=1S/C19H20F3N3O2S2/c1-4-10-25(14(2)7-11-29(26)12-8-19(20,21)22)18-16(27-3)24-17(28-18)15-6-5-9-23-13-15/h1,5-6,9,13H,2,7-8,10-12H2,3H3.